The Morgan fingerprint density at radius 3 is 2.45 bits per heavy atom. The molecule has 0 spiro atoms. The summed E-state index contributed by atoms with van der Waals surface area (Å²) in [6, 6.07) is 17.0. The highest BCUT2D eigenvalue weighted by atomic mass is 32.1. The van der Waals surface area contributed by atoms with Gasteiger partial charge >= 0.3 is 5.97 Å². The summed E-state index contributed by atoms with van der Waals surface area (Å²) in [7, 11) is 3.29. The molecule has 1 amide bonds. The van der Waals surface area contributed by atoms with Crippen LogP contribution >= 0.6 is 11.3 Å². The van der Waals surface area contributed by atoms with Crippen LogP contribution in [0.1, 0.15) is 23.0 Å². The van der Waals surface area contributed by atoms with E-state index in [0.717, 1.165) is 16.9 Å². The lowest BCUT2D eigenvalue weighted by Gasteiger charge is -2.21. The average Bonchev–Trinajstić information content (AvgIpc) is 3.24. The Hall–Kier alpha value is -3.19. The first-order valence-electron chi connectivity index (χ1n) is 9.07. The van der Waals surface area contributed by atoms with Crippen LogP contribution in [0.4, 0.5) is 0 Å². The molecule has 2 aromatic carbocycles. The second kappa shape index (κ2) is 9.34. The number of benzene rings is 2. The smallest absolute Gasteiger partial charge is 0.358 e. The van der Waals surface area contributed by atoms with Crippen molar-refractivity contribution >= 4 is 23.2 Å². The summed E-state index contributed by atoms with van der Waals surface area (Å²) < 4.78 is 10.5. The Kier molecular flexibility index (Phi) is 6.61. The number of carbonyl (C=O) groups excluding carboxylic acids is 2. The minimum atomic E-state index is -0.901. The zero-order valence-electron chi connectivity index (χ0n) is 16.5. The van der Waals surface area contributed by atoms with E-state index in [9.17, 15) is 9.59 Å². The highest BCUT2D eigenvalue weighted by Crippen LogP contribution is 2.26. The van der Waals surface area contributed by atoms with Gasteiger partial charge in [-0.25, -0.2) is 9.78 Å². The maximum absolute atomic E-state index is 12.5. The van der Waals surface area contributed by atoms with E-state index < -0.39 is 12.1 Å². The molecule has 6 nitrogen and oxygen atoms in total. The number of nitrogens with zero attached hydrogens (tertiary/aromatic N) is 2. The van der Waals surface area contributed by atoms with Gasteiger partial charge in [-0.1, -0.05) is 30.3 Å². The normalized spacial score (nSPS) is 11.6. The molecule has 1 atom stereocenters. The Bertz CT molecular complexity index is 970. The van der Waals surface area contributed by atoms with E-state index in [-0.39, 0.29) is 11.6 Å². The molecule has 0 aliphatic rings. The van der Waals surface area contributed by atoms with E-state index in [4.69, 9.17) is 9.47 Å². The number of amides is 1. The lowest BCUT2D eigenvalue weighted by atomic mass is 10.2. The fraction of sp³-hybridized carbons (Fsp3) is 0.227. The van der Waals surface area contributed by atoms with Crippen molar-refractivity contribution in [3.05, 3.63) is 71.2 Å². The standard InChI is InChI=1S/C22H22N2O4S/c1-15(21(25)24(2)13-16-7-5-4-6-8-16)28-22(26)19-14-29-20(23-19)17-9-11-18(27-3)12-10-17/h4-12,14-15H,13H2,1-3H3/t15-/m1/s1. The number of methoxy groups -OCH3 is 1. The first kappa shape index (κ1) is 20.5. The van der Waals surface area contributed by atoms with Gasteiger partial charge in [0.15, 0.2) is 11.8 Å². The van der Waals surface area contributed by atoms with Crippen LogP contribution in [0.5, 0.6) is 5.75 Å². The second-order valence-electron chi connectivity index (χ2n) is 6.49. The number of esters is 1. The zero-order chi connectivity index (χ0) is 20.8. The van der Waals surface area contributed by atoms with Crippen LogP contribution in [0, 0.1) is 0 Å². The van der Waals surface area contributed by atoms with E-state index in [1.807, 2.05) is 54.6 Å². The molecule has 0 unspecified atom stereocenters. The molecule has 1 aromatic heterocycles. The maximum Gasteiger partial charge on any atom is 0.358 e. The minimum Gasteiger partial charge on any atom is -0.497 e. The Morgan fingerprint density at radius 2 is 1.79 bits per heavy atom. The average molecular weight is 410 g/mol. The molecule has 0 aliphatic heterocycles. The fourth-order valence-corrected chi connectivity index (χ4v) is 3.55. The topological polar surface area (TPSA) is 68.7 Å². The molecule has 0 aliphatic carbocycles. The van der Waals surface area contributed by atoms with Gasteiger partial charge in [-0.2, -0.15) is 0 Å². The van der Waals surface area contributed by atoms with E-state index in [1.54, 1.807) is 26.5 Å². The number of likely N-dealkylation sites (N-methyl/N-ethyl adjacent to an activating group) is 1. The first-order valence-corrected chi connectivity index (χ1v) is 9.95. The lowest BCUT2D eigenvalue weighted by Crippen LogP contribution is -2.37. The van der Waals surface area contributed by atoms with Gasteiger partial charge < -0.3 is 14.4 Å². The number of carbonyl (C=O) groups is 2. The van der Waals surface area contributed by atoms with E-state index in [0.29, 0.717) is 11.6 Å². The molecule has 150 valence electrons. The van der Waals surface area contributed by atoms with E-state index in [1.165, 1.54) is 16.2 Å². The number of rotatable bonds is 7. The summed E-state index contributed by atoms with van der Waals surface area (Å²) in [6.45, 7) is 2.01. The molecule has 0 bridgehead atoms. The van der Waals surface area contributed by atoms with Crippen molar-refractivity contribution in [3.8, 4) is 16.3 Å². The fourth-order valence-electron chi connectivity index (χ4n) is 2.75. The summed E-state index contributed by atoms with van der Waals surface area (Å²) in [5.41, 5.74) is 2.07. The first-order chi connectivity index (χ1) is 14.0. The third-order valence-electron chi connectivity index (χ3n) is 4.32. The molecule has 3 rings (SSSR count). The van der Waals surface area contributed by atoms with Crippen LogP contribution in [0.3, 0.4) is 0 Å². The van der Waals surface area contributed by atoms with E-state index >= 15 is 0 Å². The zero-order valence-corrected chi connectivity index (χ0v) is 17.3. The van der Waals surface area contributed by atoms with Crippen LogP contribution in [-0.4, -0.2) is 42.0 Å². The number of aromatic nitrogens is 1. The molecule has 0 saturated carbocycles. The molecule has 0 fully saturated rings. The van der Waals surface area contributed by atoms with Crippen LogP contribution < -0.4 is 4.74 Å². The highest BCUT2D eigenvalue weighted by molar-refractivity contribution is 7.13. The monoisotopic (exact) mass is 410 g/mol. The Labute approximate surface area is 173 Å². The summed E-state index contributed by atoms with van der Waals surface area (Å²) in [4.78, 5) is 30.8. The van der Waals surface area contributed by atoms with E-state index in [2.05, 4.69) is 4.98 Å². The lowest BCUT2D eigenvalue weighted by molar-refractivity contribution is -0.139. The van der Waals surface area contributed by atoms with Gasteiger partial charge in [-0.3, -0.25) is 4.79 Å². The number of hydrogen-bond donors (Lipinski definition) is 0. The molecule has 3 aromatic rings. The summed E-state index contributed by atoms with van der Waals surface area (Å²) in [6.07, 6.45) is -0.901. The van der Waals surface area contributed by atoms with Gasteiger partial charge in [0.1, 0.15) is 10.8 Å². The van der Waals surface area contributed by atoms with Crippen molar-refractivity contribution < 1.29 is 19.1 Å². The van der Waals surface area contributed by atoms with Gasteiger partial charge in [-0.05, 0) is 36.8 Å². The van der Waals surface area contributed by atoms with Crippen molar-refractivity contribution in [3.63, 3.8) is 0 Å². The quantitative estimate of drug-likeness (QED) is 0.550. The minimum absolute atomic E-state index is 0.186. The molecule has 29 heavy (non-hydrogen) atoms. The SMILES string of the molecule is COc1ccc(-c2nc(C(=O)O[C@H](C)C(=O)N(C)Cc3ccccc3)cs2)cc1. The molecule has 0 N–H and O–H groups in total. The van der Waals surface area contributed by atoms with Crippen molar-refractivity contribution in [2.75, 3.05) is 14.2 Å². The predicted octanol–water partition coefficient (Wildman–Crippen LogP) is 4.02. The molecule has 0 saturated heterocycles. The van der Waals surface area contributed by atoms with Gasteiger partial charge in [0.05, 0.1) is 7.11 Å². The van der Waals surface area contributed by atoms with Gasteiger partial charge in [0.2, 0.25) is 0 Å². The van der Waals surface area contributed by atoms with Crippen molar-refractivity contribution in [2.45, 2.75) is 19.6 Å². The molecule has 1 heterocycles. The second-order valence-corrected chi connectivity index (χ2v) is 7.35. The summed E-state index contributed by atoms with van der Waals surface area (Å²) >= 11 is 1.34. The van der Waals surface area contributed by atoms with Crippen LogP contribution in [0.25, 0.3) is 10.6 Å². The van der Waals surface area contributed by atoms with Crippen LogP contribution in [-0.2, 0) is 16.1 Å². The molecule has 0 radical (unpaired) electrons. The number of hydrogen-bond acceptors (Lipinski definition) is 6. The summed E-state index contributed by atoms with van der Waals surface area (Å²) in [5.74, 6) is -0.139. The van der Waals surface area contributed by atoms with Gasteiger partial charge in [0, 0.05) is 24.5 Å². The third-order valence-corrected chi connectivity index (χ3v) is 5.21. The van der Waals surface area contributed by atoms with Crippen LogP contribution in [0.2, 0.25) is 0 Å². The van der Waals surface area contributed by atoms with Crippen molar-refractivity contribution in [1.82, 2.24) is 9.88 Å². The van der Waals surface area contributed by atoms with Gasteiger partial charge in [0.25, 0.3) is 5.91 Å². The molecular weight excluding hydrogens is 388 g/mol. The number of thiazole rings is 1. The number of ether oxygens (including phenoxy) is 2. The Morgan fingerprint density at radius 1 is 1.10 bits per heavy atom. The predicted molar refractivity (Wildman–Crippen MR) is 112 cm³/mol. The molecule has 7 heteroatoms. The van der Waals surface area contributed by atoms with Crippen LogP contribution in [0.15, 0.2) is 60.0 Å². The Balaban J connectivity index is 1.60. The largest absolute Gasteiger partial charge is 0.497 e. The van der Waals surface area contributed by atoms with Gasteiger partial charge in [-0.15, -0.1) is 11.3 Å². The maximum atomic E-state index is 12.5. The third kappa shape index (κ3) is 5.20. The van der Waals surface area contributed by atoms with Crippen molar-refractivity contribution in [1.29, 1.82) is 0 Å². The van der Waals surface area contributed by atoms with Crippen molar-refractivity contribution in [2.24, 2.45) is 0 Å². The molecular formula is C22H22N2O4S. The summed E-state index contributed by atoms with van der Waals surface area (Å²) in [5, 5.41) is 2.33. The highest BCUT2D eigenvalue weighted by Gasteiger charge is 2.23.